The van der Waals surface area contributed by atoms with Crippen LogP contribution in [-0.4, -0.2) is 96.8 Å². The van der Waals surface area contributed by atoms with Crippen molar-refractivity contribution in [3.05, 3.63) is 117 Å². The Morgan fingerprint density at radius 2 is 1.28 bits per heavy atom. The van der Waals surface area contributed by atoms with Gasteiger partial charge in [0.05, 0.1) is 34.6 Å². The second-order valence-corrected chi connectivity index (χ2v) is 14.2. The fourth-order valence-electron chi connectivity index (χ4n) is 5.59. The molecule has 0 spiro atoms. The minimum absolute atomic E-state index is 0. The molecule has 2 amide bonds. The molecule has 0 bridgehead atoms. The van der Waals surface area contributed by atoms with Crippen molar-refractivity contribution in [2.45, 2.75) is 70.0 Å². The highest BCUT2D eigenvalue weighted by molar-refractivity contribution is 6.31. The molecule has 2 aliphatic rings. The van der Waals surface area contributed by atoms with Gasteiger partial charge in [0.25, 0.3) is 11.8 Å². The van der Waals surface area contributed by atoms with Gasteiger partial charge in [0, 0.05) is 94.3 Å². The van der Waals surface area contributed by atoms with Gasteiger partial charge in [-0.2, -0.15) is 5.26 Å². The number of nitrogens with one attached hydrogen (secondary N) is 1. The number of aliphatic hydroxyl groups is 1. The Morgan fingerprint density at radius 1 is 0.862 bits per heavy atom. The number of alkyl halides is 2. The molecule has 1 unspecified atom stereocenters. The summed E-state index contributed by atoms with van der Waals surface area (Å²) in [5.74, 6) is -2.00. The monoisotopic (exact) mass is 871 g/mol. The van der Waals surface area contributed by atoms with Crippen LogP contribution in [0.15, 0.2) is 61.2 Å². The number of amides is 2. The molecule has 0 radical (unpaired) electrons. The van der Waals surface area contributed by atoms with Crippen LogP contribution in [-0.2, 0) is 13.0 Å². The average molecular weight is 873 g/mol. The number of aromatic nitrogens is 4. The van der Waals surface area contributed by atoms with E-state index in [0.717, 1.165) is 23.3 Å². The van der Waals surface area contributed by atoms with Crippen LogP contribution in [0.25, 0.3) is 0 Å². The van der Waals surface area contributed by atoms with Crippen molar-refractivity contribution in [3.63, 3.8) is 0 Å². The SMILES string of the molecule is Cl.N#CC(O)C1(F)CCN(C(=O)c2ccc(F)c(Cl)c2)CC1.[2H]C([2H])(N)c1ncc(C)cn1.[2H]C([2H])(NCC1(F)CCN(C(=O)c2ccc(F)c(Cl)c2)CC1)c1ncc(C)cn1. The molecule has 4 aromatic rings. The lowest BCUT2D eigenvalue weighted by molar-refractivity contribution is -0.0201. The number of benzene rings is 2. The van der Waals surface area contributed by atoms with E-state index in [9.17, 15) is 27.9 Å². The average Bonchev–Trinajstić information content (AvgIpc) is 3.22. The van der Waals surface area contributed by atoms with E-state index in [1.807, 2.05) is 6.92 Å². The minimum atomic E-state index is -2.08. The van der Waals surface area contributed by atoms with Crippen LogP contribution >= 0.6 is 35.6 Å². The number of aliphatic hydroxyl groups excluding tert-OH is 1. The number of hydrogen-bond acceptors (Lipinski definition) is 10. The lowest BCUT2D eigenvalue weighted by Crippen LogP contribution is -2.49. The summed E-state index contributed by atoms with van der Waals surface area (Å²) in [6.45, 7) is -0.160. The highest BCUT2D eigenvalue weighted by Crippen LogP contribution is 2.31. The predicted octanol–water partition coefficient (Wildman–Crippen LogP) is 6.29. The molecule has 2 saturated heterocycles. The number of nitriles is 1. The van der Waals surface area contributed by atoms with E-state index < -0.39 is 42.1 Å². The number of aryl methyl sites for hydroxylation is 2. The molecule has 4 heterocycles. The molecule has 58 heavy (non-hydrogen) atoms. The number of rotatable bonds is 8. The summed E-state index contributed by atoms with van der Waals surface area (Å²) in [4.78, 5) is 43.0. The Morgan fingerprint density at radius 3 is 1.67 bits per heavy atom. The first-order valence-corrected chi connectivity index (χ1v) is 18.3. The highest BCUT2D eigenvalue weighted by Gasteiger charge is 2.42. The number of carbonyl (C=O) groups is 2. The van der Waals surface area contributed by atoms with Crippen molar-refractivity contribution >= 4 is 47.4 Å². The quantitative estimate of drug-likeness (QED) is 0.135. The highest BCUT2D eigenvalue weighted by atomic mass is 35.5. The van der Waals surface area contributed by atoms with Crippen LogP contribution in [0, 0.1) is 36.8 Å². The first-order valence-electron chi connectivity index (χ1n) is 19.5. The third-order valence-electron chi connectivity index (χ3n) is 9.07. The van der Waals surface area contributed by atoms with Gasteiger partial charge in [0.2, 0.25) is 0 Å². The van der Waals surface area contributed by atoms with Gasteiger partial charge in [-0.3, -0.25) is 9.59 Å². The van der Waals surface area contributed by atoms with Crippen LogP contribution in [0.5, 0.6) is 0 Å². The van der Waals surface area contributed by atoms with Gasteiger partial charge >= 0.3 is 0 Å². The number of carbonyl (C=O) groups excluding carboxylic acids is 2. The van der Waals surface area contributed by atoms with Crippen molar-refractivity contribution in [1.82, 2.24) is 35.1 Å². The number of likely N-dealkylation sites (tertiary alicyclic amines) is 2. The van der Waals surface area contributed by atoms with E-state index in [1.165, 1.54) is 64.9 Å². The maximum atomic E-state index is 15.2. The van der Waals surface area contributed by atoms with Gasteiger partial charge in [0.1, 0.15) is 29.0 Å². The summed E-state index contributed by atoms with van der Waals surface area (Å²) in [5, 5.41) is 20.2. The number of piperidine rings is 2. The standard InChI is InChI=1S/C19H21ClF2N4O.C14H13ClF2N2O2.C6H9N3.ClH/c1-13-9-24-17(25-10-13)11-23-12-19(22)4-6-26(7-5-19)18(27)14-2-3-16(21)15(20)8-14;15-10-7-9(1-2-11(10)16)13(21)19-5-3-14(17,4-6-19)12(20)8-18;1-5-3-8-6(2-7)9-4-5;/h2-3,8-10,23H,4-7,11-12H2,1H3;1-2,7,12,20H,3-6H2;3-4H,2,7H2,1H3;1H/i11D2;;2D2;. The Balaban J connectivity index is 0.000000271. The molecule has 4 N–H and O–H groups in total. The molecule has 2 aliphatic heterocycles. The van der Waals surface area contributed by atoms with Crippen LogP contribution in [0.3, 0.4) is 0 Å². The fourth-order valence-corrected chi connectivity index (χ4v) is 5.95. The van der Waals surface area contributed by atoms with Crippen molar-refractivity contribution < 1.29 is 37.7 Å². The predicted molar refractivity (Wildman–Crippen MR) is 213 cm³/mol. The Hall–Kier alpha value is -4.50. The molecule has 19 heteroatoms. The summed E-state index contributed by atoms with van der Waals surface area (Å²) in [6.07, 6.45) is 4.22. The van der Waals surface area contributed by atoms with Crippen molar-refractivity contribution in [2.24, 2.45) is 5.73 Å². The van der Waals surface area contributed by atoms with Crippen LogP contribution < -0.4 is 11.1 Å². The topological polar surface area (TPSA) is 174 Å². The maximum Gasteiger partial charge on any atom is 0.253 e. The van der Waals surface area contributed by atoms with E-state index >= 15 is 4.39 Å². The van der Waals surface area contributed by atoms with Gasteiger partial charge in [-0.15, -0.1) is 12.4 Å². The molecule has 0 aliphatic carbocycles. The lowest BCUT2D eigenvalue weighted by atomic mass is 9.88. The molecule has 2 aromatic carbocycles. The summed E-state index contributed by atoms with van der Waals surface area (Å²) in [7, 11) is 0. The van der Waals surface area contributed by atoms with Gasteiger partial charge in [-0.1, -0.05) is 23.2 Å². The van der Waals surface area contributed by atoms with E-state index in [2.05, 4.69) is 25.3 Å². The Bertz CT molecular complexity index is 2190. The molecule has 12 nitrogen and oxygen atoms in total. The molecular weight excluding hydrogens is 825 g/mol. The number of nitrogens with two attached hydrogens (primary N) is 1. The molecule has 6 rings (SSSR count). The van der Waals surface area contributed by atoms with Crippen LogP contribution in [0.2, 0.25) is 10.0 Å². The second kappa shape index (κ2) is 22.0. The first-order chi connectivity index (χ1) is 28.5. The van der Waals surface area contributed by atoms with Gasteiger partial charge in [0.15, 0.2) is 11.8 Å². The summed E-state index contributed by atoms with van der Waals surface area (Å²) in [5.41, 5.74) is 3.59. The smallest absolute Gasteiger partial charge is 0.253 e. The third-order valence-corrected chi connectivity index (χ3v) is 9.65. The zero-order valence-corrected chi connectivity index (χ0v) is 33.7. The zero-order valence-electron chi connectivity index (χ0n) is 35.4. The van der Waals surface area contributed by atoms with E-state index in [-0.39, 0.29) is 115 Å². The van der Waals surface area contributed by atoms with E-state index in [1.54, 1.807) is 6.92 Å². The summed E-state index contributed by atoms with van der Waals surface area (Å²) < 4.78 is 86.0. The van der Waals surface area contributed by atoms with Crippen LogP contribution in [0.4, 0.5) is 17.6 Å². The molecule has 312 valence electrons. The fraction of sp³-hybridized carbons (Fsp3) is 0.410. The number of halogens is 7. The normalized spacial score (nSPS) is 17.5. The summed E-state index contributed by atoms with van der Waals surface area (Å²) in [6, 6.07) is 8.84. The van der Waals surface area contributed by atoms with E-state index in [0.29, 0.717) is 0 Å². The molecule has 2 fully saturated rings. The Labute approximate surface area is 355 Å². The summed E-state index contributed by atoms with van der Waals surface area (Å²) >= 11 is 11.4. The molecule has 0 saturated carbocycles. The van der Waals surface area contributed by atoms with Gasteiger partial charge in [-0.25, -0.2) is 37.5 Å². The molecule has 2 aromatic heterocycles. The van der Waals surface area contributed by atoms with E-state index in [4.69, 9.17) is 39.7 Å². The lowest BCUT2D eigenvalue weighted by Gasteiger charge is -2.37. The van der Waals surface area contributed by atoms with Gasteiger partial charge in [-0.05, 0) is 61.4 Å². The van der Waals surface area contributed by atoms with Crippen molar-refractivity contribution in [1.29, 1.82) is 5.26 Å². The first kappa shape index (κ1) is 41.7. The number of hydrogen-bond donors (Lipinski definition) is 3. The largest absolute Gasteiger partial charge is 0.375 e. The second-order valence-electron chi connectivity index (χ2n) is 13.4. The minimum Gasteiger partial charge on any atom is -0.375 e. The maximum absolute atomic E-state index is 15.2. The molecular formula is C39H44Cl3F4N9O3. The number of nitrogens with zero attached hydrogens (tertiary/aromatic N) is 7. The molecule has 1 atom stereocenters. The van der Waals surface area contributed by atoms with Gasteiger partial charge < -0.3 is 26.0 Å². The Kier molecular flexibility index (Phi) is 15.8. The van der Waals surface area contributed by atoms with Crippen molar-refractivity contribution in [3.8, 4) is 6.07 Å². The van der Waals surface area contributed by atoms with Crippen molar-refractivity contribution in [2.75, 3.05) is 32.7 Å². The van der Waals surface area contributed by atoms with Crippen LogP contribution in [0.1, 0.15) is 74.7 Å². The zero-order chi connectivity index (χ0) is 45.3. The third kappa shape index (κ3) is 13.5.